The van der Waals surface area contributed by atoms with Crippen molar-refractivity contribution in [2.75, 3.05) is 26.2 Å². The standard InChI is InChI=1S/C12H27N.C2H6O/c1-4-7-10-13(11-8-5-2)12-9-6-3;1-2-3/h4-12H2,1-3H3;3H,2H2,1H3. The number of aliphatic hydroxyl groups is 1. The van der Waals surface area contributed by atoms with Crippen LogP contribution in [0.1, 0.15) is 66.2 Å². The SMILES string of the molecule is CCCCN(CCCC)CCCC.CCO. The number of hydrogen-bond acceptors (Lipinski definition) is 2. The van der Waals surface area contributed by atoms with Gasteiger partial charge in [-0.1, -0.05) is 40.0 Å². The van der Waals surface area contributed by atoms with Crippen LogP contribution >= 0.6 is 0 Å². The lowest BCUT2D eigenvalue weighted by Gasteiger charge is -2.21. The number of rotatable bonds is 9. The summed E-state index contributed by atoms with van der Waals surface area (Å²) in [7, 11) is 0. The van der Waals surface area contributed by atoms with Gasteiger partial charge in [0.1, 0.15) is 0 Å². The van der Waals surface area contributed by atoms with Gasteiger partial charge in [-0.25, -0.2) is 0 Å². The molecule has 0 spiro atoms. The predicted octanol–water partition coefficient (Wildman–Crippen LogP) is 3.69. The molecular formula is C14H33NO. The van der Waals surface area contributed by atoms with Crippen molar-refractivity contribution >= 4 is 0 Å². The van der Waals surface area contributed by atoms with Crippen LogP contribution in [0.2, 0.25) is 0 Å². The van der Waals surface area contributed by atoms with Crippen LogP contribution in [0.25, 0.3) is 0 Å². The van der Waals surface area contributed by atoms with Gasteiger partial charge >= 0.3 is 0 Å². The van der Waals surface area contributed by atoms with E-state index in [0.29, 0.717) is 0 Å². The maximum Gasteiger partial charge on any atom is 0.0402 e. The van der Waals surface area contributed by atoms with Crippen molar-refractivity contribution in [1.29, 1.82) is 0 Å². The summed E-state index contributed by atoms with van der Waals surface area (Å²) < 4.78 is 0. The Bertz CT molecular complexity index is 87.9. The fourth-order valence-electron chi connectivity index (χ4n) is 1.48. The lowest BCUT2D eigenvalue weighted by Crippen LogP contribution is -2.27. The second kappa shape index (κ2) is 17.3. The molecule has 0 aromatic carbocycles. The molecule has 0 unspecified atom stereocenters. The first-order valence-electron chi connectivity index (χ1n) is 7.09. The maximum atomic E-state index is 7.57. The van der Waals surface area contributed by atoms with Crippen molar-refractivity contribution in [3.63, 3.8) is 0 Å². The third kappa shape index (κ3) is 16.4. The fraction of sp³-hybridized carbons (Fsp3) is 1.00. The molecule has 16 heavy (non-hydrogen) atoms. The smallest absolute Gasteiger partial charge is 0.0402 e. The molecule has 0 aliphatic heterocycles. The summed E-state index contributed by atoms with van der Waals surface area (Å²) in [6.07, 6.45) is 8.09. The first-order valence-corrected chi connectivity index (χ1v) is 7.09. The Morgan fingerprint density at radius 1 is 0.688 bits per heavy atom. The number of nitrogens with zero attached hydrogens (tertiary/aromatic N) is 1. The van der Waals surface area contributed by atoms with Crippen LogP contribution in [0.15, 0.2) is 0 Å². The van der Waals surface area contributed by atoms with E-state index < -0.39 is 0 Å². The van der Waals surface area contributed by atoms with Crippen LogP contribution in [0, 0.1) is 0 Å². The van der Waals surface area contributed by atoms with Crippen LogP contribution in [-0.4, -0.2) is 36.2 Å². The van der Waals surface area contributed by atoms with E-state index >= 15 is 0 Å². The summed E-state index contributed by atoms with van der Waals surface area (Å²) in [6.45, 7) is 12.7. The number of aliphatic hydroxyl groups excluding tert-OH is 1. The lowest BCUT2D eigenvalue weighted by molar-refractivity contribution is 0.261. The molecule has 0 atom stereocenters. The number of hydrogen-bond donors (Lipinski definition) is 1. The van der Waals surface area contributed by atoms with E-state index in [1.165, 1.54) is 58.2 Å². The van der Waals surface area contributed by atoms with Crippen molar-refractivity contribution in [3.05, 3.63) is 0 Å². The van der Waals surface area contributed by atoms with E-state index in [-0.39, 0.29) is 6.61 Å². The van der Waals surface area contributed by atoms with Crippen LogP contribution in [-0.2, 0) is 0 Å². The van der Waals surface area contributed by atoms with Crippen LogP contribution in [0.3, 0.4) is 0 Å². The van der Waals surface area contributed by atoms with E-state index in [4.69, 9.17) is 5.11 Å². The molecule has 100 valence electrons. The molecule has 2 heteroatoms. The van der Waals surface area contributed by atoms with E-state index in [9.17, 15) is 0 Å². The maximum absolute atomic E-state index is 7.57. The quantitative estimate of drug-likeness (QED) is 0.654. The zero-order valence-corrected chi connectivity index (χ0v) is 12.0. The molecule has 0 saturated heterocycles. The molecule has 0 bridgehead atoms. The Hall–Kier alpha value is -0.0800. The van der Waals surface area contributed by atoms with Gasteiger partial charge in [0.05, 0.1) is 0 Å². The fourth-order valence-corrected chi connectivity index (χ4v) is 1.48. The highest BCUT2D eigenvalue weighted by Gasteiger charge is 2.01. The zero-order chi connectivity index (χ0) is 12.6. The first kappa shape index (κ1) is 18.3. The molecule has 0 aromatic rings. The Labute approximate surface area is 103 Å². The van der Waals surface area contributed by atoms with Gasteiger partial charge in [0.15, 0.2) is 0 Å². The Morgan fingerprint density at radius 3 is 1.12 bits per heavy atom. The first-order chi connectivity index (χ1) is 7.76. The molecule has 0 fully saturated rings. The summed E-state index contributed by atoms with van der Waals surface area (Å²) >= 11 is 0. The van der Waals surface area contributed by atoms with Gasteiger partial charge in [-0.05, 0) is 45.8 Å². The van der Waals surface area contributed by atoms with Crippen molar-refractivity contribution in [3.8, 4) is 0 Å². The van der Waals surface area contributed by atoms with E-state index in [0.717, 1.165) is 0 Å². The van der Waals surface area contributed by atoms with E-state index in [1.807, 2.05) is 0 Å². The summed E-state index contributed by atoms with van der Waals surface area (Å²) in [5, 5.41) is 7.57. The second-order valence-electron chi connectivity index (χ2n) is 4.22. The normalized spacial score (nSPS) is 10.1. The topological polar surface area (TPSA) is 23.5 Å². The summed E-state index contributed by atoms with van der Waals surface area (Å²) in [4.78, 5) is 2.64. The van der Waals surface area contributed by atoms with Gasteiger partial charge in [-0.3, -0.25) is 0 Å². The minimum absolute atomic E-state index is 0.250. The molecule has 0 heterocycles. The monoisotopic (exact) mass is 231 g/mol. The highest BCUT2D eigenvalue weighted by molar-refractivity contribution is 4.57. The molecule has 0 aliphatic rings. The van der Waals surface area contributed by atoms with Gasteiger partial charge in [-0.15, -0.1) is 0 Å². The highest BCUT2D eigenvalue weighted by Crippen LogP contribution is 2.01. The summed E-state index contributed by atoms with van der Waals surface area (Å²) in [5.41, 5.74) is 0. The van der Waals surface area contributed by atoms with Gasteiger partial charge < -0.3 is 10.0 Å². The minimum atomic E-state index is 0.250. The summed E-state index contributed by atoms with van der Waals surface area (Å²) in [6, 6.07) is 0. The van der Waals surface area contributed by atoms with Crippen LogP contribution < -0.4 is 0 Å². The Kier molecular flexibility index (Phi) is 19.8. The Balaban J connectivity index is 0. The average molecular weight is 231 g/mol. The van der Waals surface area contributed by atoms with Gasteiger partial charge in [0.25, 0.3) is 0 Å². The van der Waals surface area contributed by atoms with Gasteiger partial charge in [0.2, 0.25) is 0 Å². The van der Waals surface area contributed by atoms with Crippen molar-refractivity contribution < 1.29 is 5.11 Å². The van der Waals surface area contributed by atoms with Crippen LogP contribution in [0.4, 0.5) is 0 Å². The molecule has 0 saturated carbocycles. The molecule has 2 nitrogen and oxygen atoms in total. The van der Waals surface area contributed by atoms with Crippen molar-refractivity contribution in [2.45, 2.75) is 66.2 Å². The van der Waals surface area contributed by atoms with Gasteiger partial charge in [0, 0.05) is 6.61 Å². The van der Waals surface area contributed by atoms with Crippen molar-refractivity contribution in [2.24, 2.45) is 0 Å². The molecule has 0 radical (unpaired) electrons. The number of unbranched alkanes of at least 4 members (excludes halogenated alkanes) is 3. The second-order valence-corrected chi connectivity index (χ2v) is 4.22. The molecule has 0 aromatic heterocycles. The third-order valence-corrected chi connectivity index (χ3v) is 2.48. The molecular weight excluding hydrogens is 198 g/mol. The largest absolute Gasteiger partial charge is 0.397 e. The zero-order valence-electron chi connectivity index (χ0n) is 12.0. The van der Waals surface area contributed by atoms with E-state index in [2.05, 4.69) is 25.7 Å². The molecule has 0 amide bonds. The minimum Gasteiger partial charge on any atom is -0.397 e. The third-order valence-electron chi connectivity index (χ3n) is 2.48. The predicted molar refractivity (Wildman–Crippen MR) is 73.9 cm³/mol. The van der Waals surface area contributed by atoms with Gasteiger partial charge in [-0.2, -0.15) is 0 Å². The Morgan fingerprint density at radius 2 is 0.938 bits per heavy atom. The molecule has 0 rings (SSSR count). The highest BCUT2D eigenvalue weighted by atomic mass is 16.2. The lowest BCUT2D eigenvalue weighted by atomic mass is 10.2. The average Bonchev–Trinajstić information content (AvgIpc) is 2.29. The summed E-state index contributed by atoms with van der Waals surface area (Å²) in [5.74, 6) is 0. The molecule has 0 aliphatic carbocycles. The van der Waals surface area contributed by atoms with Crippen molar-refractivity contribution in [1.82, 2.24) is 4.90 Å². The van der Waals surface area contributed by atoms with Crippen LogP contribution in [0.5, 0.6) is 0 Å². The van der Waals surface area contributed by atoms with E-state index in [1.54, 1.807) is 6.92 Å². The molecule has 1 N–H and O–H groups in total.